The Morgan fingerprint density at radius 3 is 2.54 bits per heavy atom. The first-order valence-corrected chi connectivity index (χ1v) is 13.6. The largest absolute Gasteiger partial charge is 0.490 e. The molecule has 1 saturated heterocycles. The van der Waals surface area contributed by atoms with Crippen LogP contribution < -0.4 is 20.7 Å². The van der Waals surface area contributed by atoms with Crippen molar-refractivity contribution < 1.29 is 19.4 Å². The predicted molar refractivity (Wildman–Crippen MR) is 156 cm³/mol. The number of ether oxygens (including phenoxy) is 1. The molecule has 4 N–H and O–H groups in total. The van der Waals surface area contributed by atoms with Gasteiger partial charge < -0.3 is 25.8 Å². The van der Waals surface area contributed by atoms with Gasteiger partial charge in [-0.15, -0.1) is 0 Å². The van der Waals surface area contributed by atoms with E-state index in [4.69, 9.17) is 32.2 Å². The summed E-state index contributed by atoms with van der Waals surface area (Å²) in [5.41, 5.74) is 7.75. The standard InChI is InChI=1S/C29H30ClN7O4/c1-2-34-29(28(31)40)13-15-36(16-14-29)26-24-27(33-18-32-26)37(25(35-24)21-6-3-4-7-22(21)30)19-9-11-20(12-10-19)41-17-5-8-23(38)39/h3-12,18,34H,2,13-17H2,1H3,(H2,31,40)(H,38,39)/b8-5-. The van der Waals surface area contributed by atoms with Crippen LogP contribution in [0.25, 0.3) is 28.2 Å². The number of amides is 1. The Balaban J connectivity index is 1.54. The lowest BCUT2D eigenvalue weighted by molar-refractivity contribution is -0.131. The van der Waals surface area contributed by atoms with Gasteiger partial charge in [0.05, 0.1) is 5.02 Å². The third-order valence-electron chi connectivity index (χ3n) is 7.14. The number of piperidine rings is 1. The van der Waals surface area contributed by atoms with Gasteiger partial charge in [-0.25, -0.2) is 19.7 Å². The Morgan fingerprint density at radius 1 is 1.15 bits per heavy atom. The maximum atomic E-state index is 12.3. The Morgan fingerprint density at radius 2 is 1.88 bits per heavy atom. The van der Waals surface area contributed by atoms with Gasteiger partial charge in [-0.3, -0.25) is 9.36 Å². The van der Waals surface area contributed by atoms with E-state index in [0.29, 0.717) is 66.1 Å². The van der Waals surface area contributed by atoms with Crippen molar-refractivity contribution in [2.45, 2.75) is 25.3 Å². The molecule has 0 radical (unpaired) electrons. The highest BCUT2D eigenvalue weighted by Gasteiger charge is 2.40. The molecule has 0 saturated carbocycles. The minimum Gasteiger partial charge on any atom is -0.490 e. The lowest BCUT2D eigenvalue weighted by Gasteiger charge is -2.40. The average molecular weight is 576 g/mol. The first kappa shape index (κ1) is 28.1. The predicted octanol–water partition coefficient (Wildman–Crippen LogP) is 3.59. The van der Waals surface area contributed by atoms with E-state index in [9.17, 15) is 9.59 Å². The first-order valence-electron chi connectivity index (χ1n) is 13.2. The highest BCUT2D eigenvalue weighted by atomic mass is 35.5. The number of nitrogens with two attached hydrogens (primary N) is 1. The van der Waals surface area contributed by atoms with Crippen molar-refractivity contribution >= 4 is 40.5 Å². The van der Waals surface area contributed by atoms with Crippen molar-refractivity contribution in [3.05, 3.63) is 72.0 Å². The molecule has 5 rings (SSSR count). The summed E-state index contributed by atoms with van der Waals surface area (Å²) in [4.78, 5) is 39.3. The second-order valence-electron chi connectivity index (χ2n) is 9.63. The fourth-order valence-corrected chi connectivity index (χ4v) is 5.33. The lowest BCUT2D eigenvalue weighted by Crippen LogP contribution is -2.61. The molecule has 3 heterocycles. The molecule has 1 fully saturated rings. The number of primary amides is 1. The number of halogens is 1. The highest BCUT2D eigenvalue weighted by Crippen LogP contribution is 2.36. The number of rotatable bonds is 10. The lowest BCUT2D eigenvalue weighted by atomic mass is 9.86. The van der Waals surface area contributed by atoms with Gasteiger partial charge in [0, 0.05) is 30.4 Å². The van der Waals surface area contributed by atoms with Gasteiger partial charge in [-0.1, -0.05) is 30.7 Å². The topological polar surface area (TPSA) is 148 Å². The number of fused-ring (bicyclic) bond motifs is 1. The molecule has 212 valence electrons. The molecule has 0 bridgehead atoms. The molecule has 4 aromatic rings. The molecule has 0 unspecified atom stereocenters. The van der Waals surface area contributed by atoms with E-state index >= 15 is 0 Å². The van der Waals surface area contributed by atoms with Gasteiger partial charge >= 0.3 is 5.97 Å². The minimum absolute atomic E-state index is 0.127. The van der Waals surface area contributed by atoms with Gasteiger partial charge in [0.25, 0.3) is 0 Å². The van der Waals surface area contributed by atoms with Crippen LogP contribution in [0.1, 0.15) is 19.8 Å². The number of benzene rings is 2. The number of anilines is 1. The van der Waals surface area contributed by atoms with Crippen LogP contribution in [0.15, 0.2) is 67.0 Å². The quantitative estimate of drug-likeness (QED) is 0.241. The van der Waals surface area contributed by atoms with Crippen molar-refractivity contribution in [2.75, 3.05) is 31.1 Å². The molecular weight excluding hydrogens is 546 g/mol. The molecule has 0 aliphatic carbocycles. The molecule has 12 heteroatoms. The zero-order valence-electron chi connectivity index (χ0n) is 22.5. The smallest absolute Gasteiger partial charge is 0.328 e. The van der Waals surface area contributed by atoms with E-state index < -0.39 is 11.5 Å². The summed E-state index contributed by atoms with van der Waals surface area (Å²) in [6, 6.07) is 14.8. The number of nitrogens with one attached hydrogen (secondary N) is 1. The molecule has 11 nitrogen and oxygen atoms in total. The van der Waals surface area contributed by atoms with Crippen LogP contribution in [0, 0.1) is 0 Å². The van der Waals surface area contributed by atoms with Crippen LogP contribution in [0.3, 0.4) is 0 Å². The number of imidazole rings is 1. The fraction of sp³-hybridized carbons (Fsp3) is 0.276. The second-order valence-corrected chi connectivity index (χ2v) is 10.0. The van der Waals surface area contributed by atoms with E-state index in [1.54, 1.807) is 12.1 Å². The van der Waals surface area contributed by atoms with Crippen molar-refractivity contribution in [1.82, 2.24) is 24.8 Å². The molecule has 2 aromatic carbocycles. The van der Waals surface area contributed by atoms with E-state index in [2.05, 4.69) is 20.2 Å². The maximum Gasteiger partial charge on any atom is 0.328 e. The molecule has 1 aliphatic rings. The number of nitrogens with zero attached hydrogens (tertiary/aromatic N) is 5. The van der Waals surface area contributed by atoms with E-state index in [0.717, 1.165) is 17.3 Å². The molecule has 41 heavy (non-hydrogen) atoms. The van der Waals surface area contributed by atoms with Crippen LogP contribution in [-0.2, 0) is 9.59 Å². The average Bonchev–Trinajstić information content (AvgIpc) is 3.36. The summed E-state index contributed by atoms with van der Waals surface area (Å²) in [5, 5.41) is 12.6. The Labute approximate surface area is 241 Å². The van der Waals surface area contributed by atoms with Crippen LogP contribution in [0.5, 0.6) is 5.75 Å². The summed E-state index contributed by atoms with van der Waals surface area (Å²) in [5.74, 6) is 0.472. The normalized spacial score (nSPS) is 14.9. The van der Waals surface area contributed by atoms with E-state index in [1.807, 2.05) is 47.9 Å². The number of carbonyl (C=O) groups is 2. The van der Waals surface area contributed by atoms with Gasteiger partial charge in [0.15, 0.2) is 17.0 Å². The Bertz CT molecular complexity index is 1590. The van der Waals surface area contributed by atoms with Crippen LogP contribution >= 0.6 is 11.6 Å². The summed E-state index contributed by atoms with van der Waals surface area (Å²) in [6.45, 7) is 3.87. The van der Waals surface area contributed by atoms with Crippen molar-refractivity contribution in [3.8, 4) is 22.8 Å². The van der Waals surface area contributed by atoms with Crippen molar-refractivity contribution in [2.24, 2.45) is 5.73 Å². The van der Waals surface area contributed by atoms with E-state index in [-0.39, 0.29) is 12.5 Å². The molecule has 2 aromatic heterocycles. The van der Waals surface area contributed by atoms with E-state index in [1.165, 1.54) is 12.4 Å². The first-order chi connectivity index (χ1) is 19.8. The van der Waals surface area contributed by atoms with Crippen LogP contribution in [0.4, 0.5) is 5.82 Å². The molecular formula is C29H30ClN7O4. The van der Waals surface area contributed by atoms with Crippen molar-refractivity contribution in [3.63, 3.8) is 0 Å². The molecule has 0 spiro atoms. The summed E-state index contributed by atoms with van der Waals surface area (Å²) in [7, 11) is 0. The van der Waals surface area contributed by atoms with Gasteiger partial charge in [0.1, 0.15) is 30.0 Å². The zero-order valence-corrected chi connectivity index (χ0v) is 23.2. The fourth-order valence-electron chi connectivity index (χ4n) is 5.11. The van der Waals surface area contributed by atoms with Crippen LogP contribution in [0.2, 0.25) is 5.02 Å². The van der Waals surface area contributed by atoms with Crippen LogP contribution in [-0.4, -0.2) is 68.3 Å². The Hall–Kier alpha value is -4.48. The second kappa shape index (κ2) is 11.9. The summed E-state index contributed by atoms with van der Waals surface area (Å²) < 4.78 is 7.56. The summed E-state index contributed by atoms with van der Waals surface area (Å²) in [6.07, 6.45) is 5.07. The number of carboxylic acids is 1. The third-order valence-corrected chi connectivity index (χ3v) is 7.47. The summed E-state index contributed by atoms with van der Waals surface area (Å²) >= 11 is 6.62. The maximum absolute atomic E-state index is 12.3. The number of likely N-dealkylation sites (N-methyl/N-ethyl adjacent to an activating group) is 1. The Kier molecular flexibility index (Phi) is 8.18. The third kappa shape index (κ3) is 5.72. The number of aromatic nitrogens is 4. The monoisotopic (exact) mass is 575 g/mol. The number of carboxylic acid groups (broad SMARTS) is 1. The number of hydrogen-bond donors (Lipinski definition) is 3. The zero-order chi connectivity index (χ0) is 29.0. The molecule has 1 aliphatic heterocycles. The van der Waals surface area contributed by atoms with Gasteiger partial charge in [0.2, 0.25) is 5.91 Å². The molecule has 1 amide bonds. The van der Waals surface area contributed by atoms with Gasteiger partial charge in [-0.2, -0.15) is 0 Å². The SMILES string of the molecule is CCNC1(C(N)=O)CCN(c2ncnc3c2nc(-c2ccccc2Cl)n3-c2ccc(OC/C=C\C(=O)O)cc2)CC1. The number of hydrogen-bond acceptors (Lipinski definition) is 8. The number of carbonyl (C=O) groups excluding carboxylic acids is 1. The van der Waals surface area contributed by atoms with Crippen molar-refractivity contribution in [1.29, 1.82) is 0 Å². The number of aliphatic carboxylic acids is 1. The van der Waals surface area contributed by atoms with Gasteiger partial charge in [-0.05, 0) is 61.9 Å². The molecule has 0 atom stereocenters. The highest BCUT2D eigenvalue weighted by molar-refractivity contribution is 6.33. The minimum atomic E-state index is -1.03.